The molecule has 14 heavy (non-hydrogen) atoms. The number of hydrogen-bond acceptors (Lipinski definition) is 4. The number of aliphatic hydroxyl groups is 1. The molecule has 0 aromatic heterocycles. The maximum atomic E-state index is 11.9. The van der Waals surface area contributed by atoms with Gasteiger partial charge in [0.1, 0.15) is 0 Å². The fraction of sp³-hybridized carbons (Fsp3) is 0.889. The highest BCUT2D eigenvalue weighted by atomic mass is 16.6. The van der Waals surface area contributed by atoms with Crippen LogP contribution < -0.4 is 0 Å². The minimum Gasteiger partial charge on any atom is -0.389 e. The smallest absolute Gasteiger partial charge is 0.257 e. The zero-order valence-electron chi connectivity index (χ0n) is 8.23. The molecular weight excluding hydrogens is 186 g/mol. The first-order chi connectivity index (χ1) is 6.68. The van der Waals surface area contributed by atoms with E-state index in [0.29, 0.717) is 32.7 Å². The Morgan fingerprint density at radius 1 is 1.64 bits per heavy atom. The molecule has 1 unspecified atom stereocenters. The van der Waals surface area contributed by atoms with Crippen LogP contribution in [0.2, 0.25) is 0 Å². The predicted molar refractivity (Wildman–Crippen MR) is 47.8 cm³/mol. The molecule has 0 radical (unpaired) electrons. The number of hydrogen-bond donors (Lipinski definition) is 1. The SMILES string of the molecule is COC1(C(=O)N2CC(O)C2)CCOC1. The Hall–Kier alpha value is -0.650. The molecule has 2 aliphatic rings. The average molecular weight is 201 g/mol. The Morgan fingerprint density at radius 3 is 2.79 bits per heavy atom. The van der Waals surface area contributed by atoms with Gasteiger partial charge in [-0.15, -0.1) is 0 Å². The first kappa shape index (κ1) is 9.89. The molecule has 2 saturated heterocycles. The Labute approximate surface area is 82.6 Å². The summed E-state index contributed by atoms with van der Waals surface area (Å²) in [5.41, 5.74) is -0.792. The minimum atomic E-state index is -0.792. The lowest BCUT2D eigenvalue weighted by atomic mass is 9.98. The average Bonchev–Trinajstić information content (AvgIpc) is 2.61. The van der Waals surface area contributed by atoms with Crippen LogP contribution in [0.15, 0.2) is 0 Å². The molecule has 1 N–H and O–H groups in total. The first-order valence-electron chi connectivity index (χ1n) is 4.78. The van der Waals surface area contributed by atoms with Gasteiger partial charge in [0.05, 0.1) is 19.3 Å². The molecule has 1 atom stereocenters. The molecule has 0 aromatic carbocycles. The van der Waals surface area contributed by atoms with Gasteiger partial charge in [-0.05, 0) is 0 Å². The Kier molecular flexibility index (Phi) is 2.47. The quantitative estimate of drug-likeness (QED) is 0.622. The van der Waals surface area contributed by atoms with Crippen LogP contribution in [0.3, 0.4) is 0 Å². The van der Waals surface area contributed by atoms with E-state index in [0.717, 1.165) is 0 Å². The molecule has 5 heteroatoms. The summed E-state index contributed by atoms with van der Waals surface area (Å²) >= 11 is 0. The van der Waals surface area contributed by atoms with Crippen molar-refractivity contribution < 1.29 is 19.4 Å². The highest BCUT2D eigenvalue weighted by molar-refractivity contribution is 5.86. The van der Waals surface area contributed by atoms with Gasteiger partial charge in [0, 0.05) is 26.6 Å². The number of nitrogens with zero attached hydrogens (tertiary/aromatic N) is 1. The second-order valence-electron chi connectivity index (χ2n) is 3.86. The zero-order valence-corrected chi connectivity index (χ0v) is 8.23. The van der Waals surface area contributed by atoms with Gasteiger partial charge in [-0.3, -0.25) is 4.79 Å². The van der Waals surface area contributed by atoms with E-state index in [1.165, 1.54) is 7.11 Å². The molecule has 0 aliphatic carbocycles. The van der Waals surface area contributed by atoms with Gasteiger partial charge in [-0.1, -0.05) is 0 Å². The fourth-order valence-corrected chi connectivity index (χ4v) is 1.87. The van der Waals surface area contributed by atoms with E-state index < -0.39 is 5.60 Å². The Bertz CT molecular complexity index is 231. The monoisotopic (exact) mass is 201 g/mol. The van der Waals surface area contributed by atoms with Crippen LogP contribution in [-0.4, -0.2) is 61.0 Å². The van der Waals surface area contributed by atoms with E-state index >= 15 is 0 Å². The lowest BCUT2D eigenvalue weighted by Gasteiger charge is -2.40. The molecule has 0 aromatic rings. The summed E-state index contributed by atoms with van der Waals surface area (Å²) in [7, 11) is 1.53. The van der Waals surface area contributed by atoms with E-state index in [9.17, 15) is 4.79 Å². The second-order valence-corrected chi connectivity index (χ2v) is 3.86. The summed E-state index contributed by atoms with van der Waals surface area (Å²) in [5, 5.41) is 9.10. The van der Waals surface area contributed by atoms with Crippen LogP contribution in [-0.2, 0) is 14.3 Å². The van der Waals surface area contributed by atoms with Crippen molar-refractivity contribution >= 4 is 5.91 Å². The van der Waals surface area contributed by atoms with Crippen LogP contribution in [0.25, 0.3) is 0 Å². The van der Waals surface area contributed by atoms with Crippen LogP contribution in [0.1, 0.15) is 6.42 Å². The molecule has 80 valence electrons. The summed E-state index contributed by atoms with van der Waals surface area (Å²) in [6, 6.07) is 0. The number of aliphatic hydroxyl groups excluding tert-OH is 1. The largest absolute Gasteiger partial charge is 0.389 e. The van der Waals surface area contributed by atoms with Crippen LogP contribution in [0.4, 0.5) is 0 Å². The first-order valence-corrected chi connectivity index (χ1v) is 4.78. The van der Waals surface area contributed by atoms with Crippen molar-refractivity contribution in [2.75, 3.05) is 33.4 Å². The van der Waals surface area contributed by atoms with Crippen LogP contribution >= 0.6 is 0 Å². The van der Waals surface area contributed by atoms with Crippen LogP contribution in [0, 0.1) is 0 Å². The number of rotatable bonds is 2. The van der Waals surface area contributed by atoms with Gasteiger partial charge < -0.3 is 19.5 Å². The number of β-amino-alcohol motifs (C(OH)–C–C–N with tert-alkyl or cyclic N) is 1. The molecule has 0 bridgehead atoms. The summed E-state index contributed by atoms with van der Waals surface area (Å²) in [5.74, 6) is -0.0530. The topological polar surface area (TPSA) is 59.0 Å². The van der Waals surface area contributed by atoms with Gasteiger partial charge in [-0.2, -0.15) is 0 Å². The lowest BCUT2D eigenvalue weighted by Crippen LogP contribution is -2.61. The van der Waals surface area contributed by atoms with Gasteiger partial charge in [0.25, 0.3) is 5.91 Å². The lowest BCUT2D eigenvalue weighted by molar-refractivity contribution is -0.164. The standard InChI is InChI=1S/C9H15NO4/c1-13-9(2-3-14-6-9)8(12)10-4-7(11)5-10/h7,11H,2-6H2,1H3. The summed E-state index contributed by atoms with van der Waals surface area (Å²) in [6.07, 6.45) is 0.241. The fourth-order valence-electron chi connectivity index (χ4n) is 1.87. The van der Waals surface area contributed by atoms with Gasteiger partial charge in [-0.25, -0.2) is 0 Å². The molecule has 0 saturated carbocycles. The Balaban J connectivity index is 2.01. The second kappa shape index (κ2) is 3.49. The number of amides is 1. The van der Waals surface area contributed by atoms with Crippen molar-refractivity contribution in [3.05, 3.63) is 0 Å². The van der Waals surface area contributed by atoms with E-state index in [2.05, 4.69) is 0 Å². The zero-order chi connectivity index (χ0) is 10.2. The third kappa shape index (κ3) is 1.41. The molecule has 0 spiro atoms. The summed E-state index contributed by atoms with van der Waals surface area (Å²) < 4.78 is 10.4. The minimum absolute atomic E-state index is 0.0530. The van der Waals surface area contributed by atoms with Crippen LogP contribution in [0.5, 0.6) is 0 Å². The van der Waals surface area contributed by atoms with Crippen molar-refractivity contribution in [3.63, 3.8) is 0 Å². The van der Waals surface area contributed by atoms with Crippen molar-refractivity contribution in [1.29, 1.82) is 0 Å². The molecule has 5 nitrogen and oxygen atoms in total. The number of ether oxygens (including phenoxy) is 2. The van der Waals surface area contributed by atoms with E-state index in [-0.39, 0.29) is 12.0 Å². The maximum Gasteiger partial charge on any atom is 0.257 e. The maximum absolute atomic E-state index is 11.9. The molecule has 2 rings (SSSR count). The molecule has 2 heterocycles. The third-order valence-corrected chi connectivity index (χ3v) is 2.92. The molecule has 2 fully saturated rings. The molecular formula is C9H15NO4. The number of likely N-dealkylation sites (tertiary alicyclic amines) is 1. The van der Waals surface area contributed by atoms with Crippen molar-refractivity contribution in [3.8, 4) is 0 Å². The van der Waals surface area contributed by atoms with Gasteiger partial charge >= 0.3 is 0 Å². The van der Waals surface area contributed by atoms with E-state index in [1.807, 2.05) is 0 Å². The van der Waals surface area contributed by atoms with Crippen molar-refractivity contribution in [1.82, 2.24) is 4.90 Å². The van der Waals surface area contributed by atoms with Gasteiger partial charge in [0.15, 0.2) is 5.60 Å². The third-order valence-electron chi connectivity index (χ3n) is 2.92. The predicted octanol–water partition coefficient (Wildman–Crippen LogP) is -1.01. The summed E-state index contributed by atoms with van der Waals surface area (Å²) in [6.45, 7) is 1.73. The molecule has 2 aliphatic heterocycles. The number of methoxy groups -OCH3 is 1. The number of carbonyl (C=O) groups excluding carboxylic acids is 1. The molecule has 1 amide bonds. The number of carbonyl (C=O) groups is 1. The van der Waals surface area contributed by atoms with Crippen molar-refractivity contribution in [2.24, 2.45) is 0 Å². The highest BCUT2D eigenvalue weighted by Crippen LogP contribution is 2.27. The summed E-state index contributed by atoms with van der Waals surface area (Å²) in [4.78, 5) is 13.5. The van der Waals surface area contributed by atoms with Gasteiger partial charge in [0.2, 0.25) is 0 Å². The van der Waals surface area contributed by atoms with E-state index in [4.69, 9.17) is 14.6 Å². The van der Waals surface area contributed by atoms with Crippen molar-refractivity contribution in [2.45, 2.75) is 18.1 Å². The van der Waals surface area contributed by atoms with E-state index in [1.54, 1.807) is 4.90 Å². The normalized spacial score (nSPS) is 33.1. The highest BCUT2D eigenvalue weighted by Gasteiger charge is 2.47. The Morgan fingerprint density at radius 2 is 2.36 bits per heavy atom.